The van der Waals surface area contributed by atoms with Gasteiger partial charge >= 0.3 is 7.67 Å². The topological polar surface area (TPSA) is 41.6 Å². The Kier molecular flexibility index (Phi) is 5.93. The van der Waals surface area contributed by atoms with Gasteiger partial charge in [-0.3, -0.25) is 0 Å². The van der Waals surface area contributed by atoms with Crippen LogP contribution in [0.5, 0.6) is 5.75 Å². The second-order valence-electron chi connectivity index (χ2n) is 7.31. The van der Waals surface area contributed by atoms with Crippen molar-refractivity contribution in [2.24, 2.45) is 0 Å². The third-order valence-corrected chi connectivity index (χ3v) is 8.12. The summed E-state index contributed by atoms with van der Waals surface area (Å²) in [5, 5.41) is 3.32. The number of hydrogen-bond donors (Lipinski definition) is 1. The van der Waals surface area contributed by atoms with E-state index in [1.165, 1.54) is 0 Å². The highest BCUT2D eigenvalue weighted by molar-refractivity contribution is 9.10. The molecule has 4 rings (SSSR count). The van der Waals surface area contributed by atoms with Crippen molar-refractivity contribution in [3.8, 4) is 5.75 Å². The van der Waals surface area contributed by atoms with Gasteiger partial charge in [-0.15, -0.1) is 0 Å². The van der Waals surface area contributed by atoms with E-state index in [1.54, 1.807) is 0 Å². The van der Waals surface area contributed by atoms with Crippen LogP contribution in [0, 0.1) is 0 Å². The summed E-state index contributed by atoms with van der Waals surface area (Å²) in [7, 11) is -3.35. The molecule has 150 valence electrons. The zero-order valence-corrected chi connectivity index (χ0v) is 18.9. The van der Waals surface area contributed by atoms with Crippen LogP contribution < -0.4 is 9.61 Å². The Labute approximate surface area is 180 Å². The lowest BCUT2D eigenvalue weighted by Crippen LogP contribution is -2.36. The predicted octanol–water partition coefficient (Wildman–Crippen LogP) is 6.86. The summed E-state index contributed by atoms with van der Waals surface area (Å²) in [6.45, 7) is 4.63. The molecule has 0 spiro atoms. The van der Waals surface area contributed by atoms with E-state index in [0.717, 1.165) is 21.2 Å². The molecule has 0 saturated heterocycles. The maximum Gasteiger partial charge on any atom is 0.394 e. The number of benzene rings is 3. The molecule has 0 radical (unpaired) electrons. The Bertz CT molecular complexity index is 1030. The van der Waals surface area contributed by atoms with Crippen molar-refractivity contribution in [1.82, 2.24) is 9.76 Å². The predicted molar refractivity (Wildman–Crippen MR) is 121 cm³/mol. The molecule has 0 fully saturated rings. The fraction of sp³-hybridized carbons (Fsp3) is 0.217. The molecule has 0 amide bonds. The minimum Gasteiger partial charge on any atom is -0.422 e. The van der Waals surface area contributed by atoms with Gasteiger partial charge in [-0.05, 0) is 43.2 Å². The normalized spacial score (nSPS) is 21.1. The molecule has 3 aromatic rings. The largest absolute Gasteiger partial charge is 0.422 e. The van der Waals surface area contributed by atoms with Crippen LogP contribution in [0.4, 0.5) is 0 Å². The van der Waals surface area contributed by atoms with Gasteiger partial charge in [0.1, 0.15) is 5.75 Å². The Balaban J connectivity index is 1.71. The number of nitrogens with one attached hydrogen (secondary N) is 1. The average molecular weight is 471 g/mol. The molecule has 0 saturated carbocycles. The van der Waals surface area contributed by atoms with Crippen LogP contribution in [0.2, 0.25) is 0 Å². The number of nitrogens with zero attached hydrogens (tertiary/aromatic N) is 1. The monoisotopic (exact) mass is 470 g/mol. The van der Waals surface area contributed by atoms with Crippen LogP contribution in [0.25, 0.3) is 0 Å². The first-order valence-electron chi connectivity index (χ1n) is 9.69. The lowest BCUT2D eigenvalue weighted by atomic mass is 10.1. The van der Waals surface area contributed by atoms with Crippen molar-refractivity contribution < 1.29 is 9.09 Å². The van der Waals surface area contributed by atoms with Crippen LogP contribution in [-0.2, 0) is 11.1 Å². The van der Waals surface area contributed by atoms with Gasteiger partial charge in [-0.2, -0.15) is 4.67 Å². The van der Waals surface area contributed by atoms with E-state index in [9.17, 15) is 4.57 Å². The highest BCUT2D eigenvalue weighted by atomic mass is 79.9. The Morgan fingerprint density at radius 2 is 1.59 bits per heavy atom. The quantitative estimate of drug-likeness (QED) is 0.413. The smallest absolute Gasteiger partial charge is 0.394 e. The number of hydrogen-bond acceptors (Lipinski definition) is 2. The fourth-order valence-corrected chi connectivity index (χ4v) is 6.37. The Hall–Kier alpha value is -1.91. The van der Waals surface area contributed by atoms with E-state index in [4.69, 9.17) is 4.52 Å². The summed E-state index contributed by atoms with van der Waals surface area (Å²) < 4.78 is 23.3. The van der Waals surface area contributed by atoms with Gasteiger partial charge in [-0.25, -0.2) is 9.65 Å². The van der Waals surface area contributed by atoms with Gasteiger partial charge in [0.05, 0.1) is 0 Å². The Morgan fingerprint density at radius 3 is 2.24 bits per heavy atom. The van der Waals surface area contributed by atoms with E-state index >= 15 is 0 Å². The summed E-state index contributed by atoms with van der Waals surface area (Å²) in [6.07, 6.45) is 0. The van der Waals surface area contributed by atoms with Crippen LogP contribution in [0.3, 0.4) is 0 Å². The zero-order chi connectivity index (χ0) is 20.4. The van der Waals surface area contributed by atoms with Gasteiger partial charge < -0.3 is 4.52 Å². The van der Waals surface area contributed by atoms with Crippen molar-refractivity contribution in [3.05, 3.63) is 100 Å². The van der Waals surface area contributed by atoms with Crippen molar-refractivity contribution in [2.45, 2.75) is 32.5 Å². The molecule has 6 heteroatoms. The highest BCUT2D eigenvalue weighted by Gasteiger charge is 2.42. The number of halogens is 1. The third kappa shape index (κ3) is 4.34. The first-order valence-corrected chi connectivity index (χ1v) is 12.1. The maximum atomic E-state index is 14.2. The molecular formula is C23H24BrN2O2P. The lowest BCUT2D eigenvalue weighted by molar-refractivity contribution is 0.261. The van der Waals surface area contributed by atoms with Gasteiger partial charge in [0.2, 0.25) is 0 Å². The molecule has 1 heterocycles. The molecule has 0 aromatic heterocycles. The van der Waals surface area contributed by atoms with Gasteiger partial charge in [0.15, 0.2) is 0 Å². The van der Waals surface area contributed by atoms with E-state index in [1.807, 2.05) is 78.3 Å². The summed E-state index contributed by atoms with van der Waals surface area (Å²) in [4.78, 5) is 0. The van der Waals surface area contributed by atoms with Crippen molar-refractivity contribution in [3.63, 3.8) is 0 Å². The average Bonchev–Trinajstić information content (AvgIpc) is 2.74. The molecule has 0 aliphatic carbocycles. The number of fused-ring (bicyclic) bond motifs is 1. The van der Waals surface area contributed by atoms with Crippen LogP contribution in [0.15, 0.2) is 83.3 Å². The second-order valence-corrected chi connectivity index (χ2v) is 10.2. The van der Waals surface area contributed by atoms with Gasteiger partial charge in [0, 0.05) is 28.7 Å². The summed E-state index contributed by atoms with van der Waals surface area (Å²) in [6, 6.07) is 25.8. The van der Waals surface area contributed by atoms with Crippen molar-refractivity contribution >= 4 is 23.6 Å². The zero-order valence-electron chi connectivity index (χ0n) is 16.5. The molecule has 0 bridgehead atoms. The first-order chi connectivity index (χ1) is 14.0. The molecular weight excluding hydrogens is 447 g/mol. The van der Waals surface area contributed by atoms with Crippen LogP contribution >= 0.6 is 23.6 Å². The summed E-state index contributed by atoms with van der Waals surface area (Å²) in [5.41, 5.74) is 3.19. The SMILES string of the molecule is CC(NP1(=O)Oc2ccc(Br)cc2CN1C(C)c1ccccc1)c1ccccc1. The number of rotatable bonds is 5. The minimum absolute atomic E-state index is 0.0790. The van der Waals surface area contributed by atoms with Gasteiger partial charge in [-0.1, -0.05) is 76.6 Å². The molecule has 3 unspecified atom stereocenters. The van der Waals surface area contributed by atoms with E-state index in [-0.39, 0.29) is 12.1 Å². The first kappa shape index (κ1) is 20.4. The van der Waals surface area contributed by atoms with E-state index in [0.29, 0.717) is 12.3 Å². The standard InChI is InChI=1S/C23H24BrN2O2P/c1-17(19-9-5-3-6-10-19)25-29(27)26(18(2)20-11-7-4-8-12-20)16-21-15-22(24)13-14-23(21)28-29/h3-15,17-18H,16H2,1-2H3,(H,25,27). The summed E-state index contributed by atoms with van der Waals surface area (Å²) >= 11 is 3.53. The molecule has 3 aromatic carbocycles. The van der Waals surface area contributed by atoms with Crippen LogP contribution in [-0.4, -0.2) is 4.67 Å². The minimum atomic E-state index is -3.35. The van der Waals surface area contributed by atoms with E-state index in [2.05, 4.69) is 40.1 Å². The molecule has 1 aliphatic rings. The molecule has 1 aliphatic heterocycles. The lowest BCUT2D eigenvalue weighted by Gasteiger charge is -2.41. The molecule has 29 heavy (non-hydrogen) atoms. The molecule has 3 atom stereocenters. The van der Waals surface area contributed by atoms with Crippen molar-refractivity contribution in [1.29, 1.82) is 0 Å². The fourth-order valence-electron chi connectivity index (χ4n) is 3.64. The van der Waals surface area contributed by atoms with Gasteiger partial charge in [0.25, 0.3) is 0 Å². The summed E-state index contributed by atoms with van der Waals surface area (Å²) in [5.74, 6) is 0.667. The van der Waals surface area contributed by atoms with Crippen LogP contribution in [0.1, 0.15) is 42.6 Å². The maximum absolute atomic E-state index is 14.2. The molecule has 1 N–H and O–H groups in total. The Morgan fingerprint density at radius 1 is 0.966 bits per heavy atom. The molecule has 4 nitrogen and oxygen atoms in total. The third-order valence-electron chi connectivity index (χ3n) is 5.30. The van der Waals surface area contributed by atoms with E-state index < -0.39 is 7.67 Å². The second kappa shape index (κ2) is 8.45. The highest BCUT2D eigenvalue weighted by Crippen LogP contribution is 2.57. The van der Waals surface area contributed by atoms with Crippen molar-refractivity contribution in [2.75, 3.05) is 0 Å².